The predicted molar refractivity (Wildman–Crippen MR) is 178 cm³/mol. The minimum Gasteiger partial charge on any atom is -0.310 e. The lowest BCUT2D eigenvalue weighted by Gasteiger charge is -2.42. The van der Waals surface area contributed by atoms with E-state index < -0.39 is 0 Å². The number of nitrogens with zero attached hydrogens (tertiary/aromatic N) is 3. The van der Waals surface area contributed by atoms with Crippen LogP contribution in [0, 0.1) is 22.7 Å². The summed E-state index contributed by atoms with van der Waals surface area (Å²) in [5.74, 6) is 0. The van der Waals surface area contributed by atoms with Gasteiger partial charge in [0.1, 0.15) is 12.1 Å². The normalized spacial score (nSPS) is 13.3. The maximum atomic E-state index is 9.95. The standard InChI is InChI=1S/C41H27N3/c1-41(2)37-15-7-9-17-39(37)44(40-18-10-8-16-38(40)41)28-19-20-33-29-11-3-4-12-30(29)34-21-26(24-42)27(25-43)22-35(34)31-13-5-6-14-32(31)36(33)23-28/h3-23H,1-2H3. The number of fused-ring (bicyclic) bond motifs is 10. The molecule has 0 unspecified atom stereocenters. The Balaban J connectivity index is 1.44. The average molecular weight is 562 g/mol. The van der Waals surface area contributed by atoms with Gasteiger partial charge in [-0.1, -0.05) is 105 Å². The van der Waals surface area contributed by atoms with Crippen LogP contribution >= 0.6 is 0 Å². The topological polar surface area (TPSA) is 50.8 Å². The summed E-state index contributed by atoms with van der Waals surface area (Å²) in [5, 5.41) is 19.8. The van der Waals surface area contributed by atoms with E-state index in [1.165, 1.54) is 22.5 Å². The smallest absolute Gasteiger partial charge is 0.101 e. The van der Waals surface area contributed by atoms with Crippen molar-refractivity contribution in [1.29, 1.82) is 10.5 Å². The van der Waals surface area contributed by atoms with Crippen molar-refractivity contribution in [2.75, 3.05) is 4.90 Å². The molecule has 0 saturated carbocycles. The fraction of sp³-hybridized carbons (Fsp3) is 0.0732. The summed E-state index contributed by atoms with van der Waals surface area (Å²) in [6, 6.07) is 49.3. The van der Waals surface area contributed by atoms with Gasteiger partial charge >= 0.3 is 0 Å². The van der Waals surface area contributed by atoms with Crippen molar-refractivity contribution in [3.8, 4) is 56.6 Å². The molecule has 3 heteroatoms. The van der Waals surface area contributed by atoms with E-state index in [9.17, 15) is 10.5 Å². The number of anilines is 3. The molecule has 44 heavy (non-hydrogen) atoms. The summed E-state index contributed by atoms with van der Waals surface area (Å²) in [6.07, 6.45) is 0. The minimum absolute atomic E-state index is 0.136. The summed E-state index contributed by atoms with van der Waals surface area (Å²) in [5.41, 5.74) is 15.1. The van der Waals surface area contributed by atoms with Crippen LogP contribution in [0.3, 0.4) is 0 Å². The lowest BCUT2D eigenvalue weighted by Crippen LogP contribution is -2.30. The highest BCUT2D eigenvalue weighted by Crippen LogP contribution is 2.54. The van der Waals surface area contributed by atoms with Crippen molar-refractivity contribution in [3.05, 3.63) is 150 Å². The molecule has 1 heterocycles. The summed E-state index contributed by atoms with van der Waals surface area (Å²) >= 11 is 0. The van der Waals surface area contributed by atoms with E-state index in [0.717, 1.165) is 50.2 Å². The monoisotopic (exact) mass is 561 g/mol. The van der Waals surface area contributed by atoms with Gasteiger partial charge in [-0.3, -0.25) is 0 Å². The van der Waals surface area contributed by atoms with Crippen LogP contribution < -0.4 is 4.90 Å². The molecule has 0 N–H and O–H groups in total. The molecule has 1 aliphatic carbocycles. The van der Waals surface area contributed by atoms with Gasteiger partial charge in [0.15, 0.2) is 0 Å². The SMILES string of the molecule is CC1(C)c2ccccc2N(c2ccc3c(c2)-c2ccccc2-c2cc(C#N)c(C#N)cc2-c2ccccc2-3)c2ccccc21. The average Bonchev–Trinajstić information content (AvgIpc) is 3.07. The van der Waals surface area contributed by atoms with Gasteiger partial charge in [-0.15, -0.1) is 0 Å². The maximum Gasteiger partial charge on any atom is 0.101 e. The molecule has 0 bridgehead atoms. The van der Waals surface area contributed by atoms with Crippen LogP contribution in [0.4, 0.5) is 17.1 Å². The Morgan fingerprint density at radius 3 is 1.32 bits per heavy atom. The van der Waals surface area contributed by atoms with Crippen molar-refractivity contribution in [3.63, 3.8) is 0 Å². The second-order valence-corrected chi connectivity index (χ2v) is 12.0. The molecule has 3 nitrogen and oxygen atoms in total. The molecule has 0 aromatic heterocycles. The fourth-order valence-corrected chi connectivity index (χ4v) is 7.21. The molecular weight excluding hydrogens is 534 g/mol. The highest BCUT2D eigenvalue weighted by molar-refractivity contribution is 6.04. The molecule has 6 aromatic carbocycles. The molecule has 6 aromatic rings. The van der Waals surface area contributed by atoms with Gasteiger partial charge in [-0.25, -0.2) is 0 Å². The van der Waals surface area contributed by atoms with Crippen LogP contribution in [0.2, 0.25) is 0 Å². The van der Waals surface area contributed by atoms with Crippen molar-refractivity contribution in [1.82, 2.24) is 0 Å². The largest absolute Gasteiger partial charge is 0.310 e. The van der Waals surface area contributed by atoms with Crippen LogP contribution in [0.15, 0.2) is 127 Å². The number of nitriles is 2. The van der Waals surface area contributed by atoms with Crippen LogP contribution in [-0.2, 0) is 5.41 Å². The van der Waals surface area contributed by atoms with Gasteiger partial charge in [0.25, 0.3) is 0 Å². The Hall–Kier alpha value is -5.90. The molecule has 0 fully saturated rings. The van der Waals surface area contributed by atoms with Crippen molar-refractivity contribution >= 4 is 17.1 Å². The quantitative estimate of drug-likeness (QED) is 0.200. The molecule has 0 spiro atoms. The third-order valence-electron chi connectivity index (χ3n) is 9.31. The molecule has 0 atom stereocenters. The van der Waals surface area contributed by atoms with E-state index in [2.05, 4.69) is 134 Å². The number of rotatable bonds is 1. The second kappa shape index (κ2) is 9.56. The summed E-state index contributed by atoms with van der Waals surface area (Å²) < 4.78 is 0. The van der Waals surface area contributed by atoms with Crippen LogP contribution in [0.25, 0.3) is 44.5 Å². The molecule has 206 valence electrons. The predicted octanol–water partition coefficient (Wildman–Crippen LogP) is 10.5. The molecule has 8 rings (SSSR count). The Morgan fingerprint density at radius 1 is 0.455 bits per heavy atom. The number of hydrogen-bond donors (Lipinski definition) is 0. The Morgan fingerprint density at radius 2 is 0.841 bits per heavy atom. The van der Waals surface area contributed by atoms with E-state index in [4.69, 9.17) is 0 Å². The van der Waals surface area contributed by atoms with Crippen LogP contribution in [0.1, 0.15) is 36.1 Å². The van der Waals surface area contributed by atoms with Gasteiger partial charge < -0.3 is 4.90 Å². The molecule has 0 amide bonds. The van der Waals surface area contributed by atoms with E-state index in [-0.39, 0.29) is 5.41 Å². The first-order chi connectivity index (χ1) is 21.5. The van der Waals surface area contributed by atoms with E-state index in [1.54, 1.807) is 0 Å². The van der Waals surface area contributed by atoms with E-state index >= 15 is 0 Å². The van der Waals surface area contributed by atoms with Crippen LogP contribution in [-0.4, -0.2) is 0 Å². The van der Waals surface area contributed by atoms with Gasteiger partial charge in [0.2, 0.25) is 0 Å². The zero-order chi connectivity index (χ0) is 30.0. The van der Waals surface area contributed by atoms with Gasteiger partial charge in [0.05, 0.1) is 22.5 Å². The summed E-state index contributed by atoms with van der Waals surface area (Å²) in [7, 11) is 0. The Kier molecular flexibility index (Phi) is 5.60. The number of hydrogen-bond acceptors (Lipinski definition) is 3. The minimum atomic E-state index is -0.136. The first-order valence-corrected chi connectivity index (χ1v) is 14.8. The van der Waals surface area contributed by atoms with Gasteiger partial charge in [-0.05, 0) is 92.0 Å². The third-order valence-corrected chi connectivity index (χ3v) is 9.31. The molecule has 0 saturated heterocycles. The highest BCUT2D eigenvalue weighted by Gasteiger charge is 2.36. The Bertz CT molecular complexity index is 2190. The summed E-state index contributed by atoms with van der Waals surface area (Å²) in [4.78, 5) is 2.39. The lowest BCUT2D eigenvalue weighted by atomic mass is 9.73. The Labute approximate surface area is 257 Å². The number of benzene rings is 6. The van der Waals surface area contributed by atoms with Crippen molar-refractivity contribution < 1.29 is 0 Å². The second-order valence-electron chi connectivity index (χ2n) is 12.0. The molecule has 2 aliphatic rings. The van der Waals surface area contributed by atoms with Gasteiger partial charge in [-0.2, -0.15) is 10.5 Å². The van der Waals surface area contributed by atoms with Crippen molar-refractivity contribution in [2.45, 2.75) is 19.3 Å². The zero-order valence-electron chi connectivity index (χ0n) is 24.5. The third kappa shape index (κ3) is 3.60. The van der Waals surface area contributed by atoms with Gasteiger partial charge in [0, 0.05) is 11.1 Å². The number of para-hydroxylation sites is 2. The van der Waals surface area contributed by atoms with Crippen LogP contribution in [0.5, 0.6) is 0 Å². The lowest BCUT2D eigenvalue weighted by molar-refractivity contribution is 0.632. The fourth-order valence-electron chi connectivity index (χ4n) is 7.21. The molecular formula is C41H27N3. The van der Waals surface area contributed by atoms with E-state index in [1.807, 2.05) is 24.3 Å². The summed E-state index contributed by atoms with van der Waals surface area (Å²) in [6.45, 7) is 4.61. The molecule has 0 radical (unpaired) electrons. The first-order valence-electron chi connectivity index (χ1n) is 14.8. The highest BCUT2D eigenvalue weighted by atomic mass is 15.2. The maximum absolute atomic E-state index is 9.95. The first kappa shape index (κ1) is 25.8. The van der Waals surface area contributed by atoms with E-state index in [0.29, 0.717) is 11.1 Å². The van der Waals surface area contributed by atoms with Crippen molar-refractivity contribution in [2.24, 2.45) is 0 Å². The molecule has 1 aliphatic heterocycles. The zero-order valence-corrected chi connectivity index (χ0v) is 24.5.